The molecule has 0 radical (unpaired) electrons. The second kappa shape index (κ2) is 7.67. The van der Waals surface area contributed by atoms with Crippen LogP contribution < -0.4 is 10.6 Å². The highest BCUT2D eigenvalue weighted by atomic mass is 16.4. The molecule has 1 aromatic carbocycles. The molecule has 0 spiro atoms. The number of aliphatic carboxylic acids is 1. The van der Waals surface area contributed by atoms with E-state index in [-0.39, 0.29) is 0 Å². The van der Waals surface area contributed by atoms with Gasteiger partial charge in [-0.25, -0.2) is 9.59 Å². The number of hydrogen-bond acceptors (Lipinski definition) is 2. The van der Waals surface area contributed by atoms with Crippen molar-refractivity contribution in [2.24, 2.45) is 0 Å². The van der Waals surface area contributed by atoms with Gasteiger partial charge in [-0.05, 0) is 38.3 Å². The van der Waals surface area contributed by atoms with Crippen LogP contribution in [0.4, 0.5) is 10.5 Å². The predicted octanol–water partition coefficient (Wildman–Crippen LogP) is 3.38. The molecule has 0 aliphatic rings. The number of nitrogens with one attached hydrogen (secondary N) is 2. The molecule has 5 heteroatoms. The summed E-state index contributed by atoms with van der Waals surface area (Å²) >= 11 is 0. The summed E-state index contributed by atoms with van der Waals surface area (Å²) < 4.78 is 0. The summed E-state index contributed by atoms with van der Waals surface area (Å²) in [6.07, 6.45) is 2.09. The highest BCUT2D eigenvalue weighted by Crippen LogP contribution is 2.21. The monoisotopic (exact) mass is 292 g/mol. The molecule has 0 unspecified atom stereocenters. The quantitative estimate of drug-likeness (QED) is 0.752. The Bertz CT molecular complexity index is 503. The maximum Gasteiger partial charge on any atom is 0.326 e. The number of unbranched alkanes of at least 4 members (excludes halogenated alkanes) is 1. The first kappa shape index (κ1) is 17.0. The molecule has 0 aromatic heterocycles. The highest BCUT2D eigenvalue weighted by molar-refractivity contribution is 5.93. The van der Waals surface area contributed by atoms with Crippen LogP contribution in [0.5, 0.6) is 0 Å². The Balaban J connectivity index is 2.74. The zero-order valence-corrected chi connectivity index (χ0v) is 13.1. The van der Waals surface area contributed by atoms with Crippen LogP contribution in [0.1, 0.15) is 42.9 Å². The van der Waals surface area contributed by atoms with Gasteiger partial charge in [-0.2, -0.15) is 0 Å². The van der Waals surface area contributed by atoms with Crippen LogP contribution in [-0.2, 0) is 4.79 Å². The number of amides is 2. The maximum absolute atomic E-state index is 12.0. The minimum absolute atomic E-state index is 0.436. The van der Waals surface area contributed by atoms with Crippen molar-refractivity contribution in [2.75, 3.05) is 5.32 Å². The normalized spacial score (nSPS) is 11.8. The summed E-state index contributed by atoms with van der Waals surface area (Å²) in [6, 6.07) is 2.63. The van der Waals surface area contributed by atoms with E-state index in [0.717, 1.165) is 35.2 Å². The van der Waals surface area contributed by atoms with E-state index in [0.29, 0.717) is 6.42 Å². The van der Waals surface area contributed by atoms with Gasteiger partial charge in [0, 0.05) is 5.69 Å². The Morgan fingerprint density at radius 2 is 1.76 bits per heavy atom. The smallest absolute Gasteiger partial charge is 0.326 e. The maximum atomic E-state index is 12.0. The predicted molar refractivity (Wildman–Crippen MR) is 83.8 cm³/mol. The molecule has 3 N–H and O–H groups in total. The van der Waals surface area contributed by atoms with Crippen molar-refractivity contribution in [3.05, 3.63) is 28.8 Å². The van der Waals surface area contributed by atoms with E-state index in [1.165, 1.54) is 0 Å². The molecule has 0 saturated carbocycles. The first-order chi connectivity index (χ1) is 9.85. The molecule has 0 aliphatic carbocycles. The summed E-state index contributed by atoms with van der Waals surface area (Å²) in [6.45, 7) is 7.82. The van der Waals surface area contributed by atoms with Gasteiger partial charge in [0.2, 0.25) is 0 Å². The average molecular weight is 292 g/mol. The molecular formula is C16H24N2O3. The zero-order valence-electron chi connectivity index (χ0n) is 13.1. The topological polar surface area (TPSA) is 78.4 Å². The Labute approximate surface area is 125 Å². The van der Waals surface area contributed by atoms with Gasteiger partial charge in [0.05, 0.1) is 0 Å². The molecule has 1 rings (SSSR count). The Morgan fingerprint density at radius 3 is 2.24 bits per heavy atom. The van der Waals surface area contributed by atoms with E-state index in [1.807, 2.05) is 39.8 Å². The standard InChI is InChI=1S/C16H24N2O3/c1-5-6-7-13(15(19)20)17-16(21)18-14-11(3)8-10(2)9-12(14)4/h8-9,13H,5-7H2,1-4H3,(H,19,20)(H2,17,18,21)/t13-/m0/s1. The number of hydrogen-bond donors (Lipinski definition) is 3. The largest absolute Gasteiger partial charge is 0.480 e. The van der Waals surface area contributed by atoms with Crippen LogP contribution in [0.3, 0.4) is 0 Å². The van der Waals surface area contributed by atoms with Crippen LogP contribution in [0.25, 0.3) is 0 Å². The van der Waals surface area contributed by atoms with E-state index in [2.05, 4.69) is 10.6 Å². The molecule has 2 amide bonds. The molecule has 0 heterocycles. The number of carboxylic acids is 1. The van der Waals surface area contributed by atoms with Gasteiger partial charge in [-0.3, -0.25) is 0 Å². The molecule has 1 atom stereocenters. The van der Waals surface area contributed by atoms with Crippen molar-refractivity contribution in [3.63, 3.8) is 0 Å². The second-order valence-electron chi connectivity index (χ2n) is 5.41. The van der Waals surface area contributed by atoms with Gasteiger partial charge < -0.3 is 15.7 Å². The van der Waals surface area contributed by atoms with E-state index >= 15 is 0 Å². The van der Waals surface area contributed by atoms with Gasteiger partial charge in [0.15, 0.2) is 0 Å². The van der Waals surface area contributed by atoms with Gasteiger partial charge in [0.1, 0.15) is 6.04 Å². The number of benzene rings is 1. The van der Waals surface area contributed by atoms with Crippen molar-refractivity contribution >= 4 is 17.7 Å². The van der Waals surface area contributed by atoms with Crippen LogP contribution in [0, 0.1) is 20.8 Å². The van der Waals surface area contributed by atoms with Crippen molar-refractivity contribution < 1.29 is 14.7 Å². The lowest BCUT2D eigenvalue weighted by Gasteiger charge is -2.17. The summed E-state index contributed by atoms with van der Waals surface area (Å²) in [7, 11) is 0. The number of rotatable bonds is 6. The van der Waals surface area contributed by atoms with Crippen molar-refractivity contribution in [1.29, 1.82) is 0 Å². The molecule has 0 saturated heterocycles. The molecule has 0 fully saturated rings. The third kappa shape index (κ3) is 5.10. The van der Waals surface area contributed by atoms with Crippen LogP contribution in [0.15, 0.2) is 12.1 Å². The molecular weight excluding hydrogens is 268 g/mol. The summed E-state index contributed by atoms with van der Waals surface area (Å²) in [5, 5.41) is 14.4. The summed E-state index contributed by atoms with van der Waals surface area (Å²) in [4.78, 5) is 23.1. The lowest BCUT2D eigenvalue weighted by molar-refractivity contribution is -0.139. The van der Waals surface area contributed by atoms with Crippen molar-refractivity contribution in [2.45, 2.75) is 53.0 Å². The Hall–Kier alpha value is -2.04. The van der Waals surface area contributed by atoms with E-state index in [4.69, 9.17) is 5.11 Å². The van der Waals surface area contributed by atoms with Crippen molar-refractivity contribution in [3.8, 4) is 0 Å². The van der Waals surface area contributed by atoms with Crippen LogP contribution in [-0.4, -0.2) is 23.1 Å². The molecule has 5 nitrogen and oxygen atoms in total. The Morgan fingerprint density at radius 1 is 1.19 bits per heavy atom. The minimum atomic E-state index is -1.00. The van der Waals surface area contributed by atoms with Gasteiger partial charge in [-0.1, -0.05) is 37.5 Å². The lowest BCUT2D eigenvalue weighted by atomic mass is 10.1. The zero-order chi connectivity index (χ0) is 16.0. The van der Waals surface area contributed by atoms with Gasteiger partial charge >= 0.3 is 12.0 Å². The van der Waals surface area contributed by atoms with Gasteiger partial charge in [0.25, 0.3) is 0 Å². The summed E-state index contributed by atoms with van der Waals surface area (Å²) in [5.41, 5.74) is 3.78. The molecule has 21 heavy (non-hydrogen) atoms. The van der Waals surface area contributed by atoms with Crippen LogP contribution in [0.2, 0.25) is 0 Å². The van der Waals surface area contributed by atoms with E-state index in [9.17, 15) is 9.59 Å². The second-order valence-corrected chi connectivity index (χ2v) is 5.41. The first-order valence-electron chi connectivity index (χ1n) is 7.23. The molecule has 0 bridgehead atoms. The average Bonchev–Trinajstić information content (AvgIpc) is 2.38. The fourth-order valence-electron chi connectivity index (χ4n) is 2.35. The molecule has 116 valence electrons. The summed E-state index contributed by atoms with van der Waals surface area (Å²) in [5.74, 6) is -1.00. The first-order valence-corrected chi connectivity index (χ1v) is 7.23. The molecule has 1 aromatic rings. The fraction of sp³-hybridized carbons (Fsp3) is 0.500. The number of aryl methyl sites for hydroxylation is 3. The number of carbonyl (C=O) groups is 2. The van der Waals surface area contributed by atoms with Crippen LogP contribution >= 0.6 is 0 Å². The third-order valence-corrected chi connectivity index (χ3v) is 3.37. The molecule has 0 aliphatic heterocycles. The lowest BCUT2D eigenvalue weighted by Crippen LogP contribution is -2.43. The minimum Gasteiger partial charge on any atom is -0.480 e. The van der Waals surface area contributed by atoms with Crippen molar-refractivity contribution in [1.82, 2.24) is 5.32 Å². The third-order valence-electron chi connectivity index (χ3n) is 3.37. The van der Waals surface area contributed by atoms with Gasteiger partial charge in [-0.15, -0.1) is 0 Å². The number of urea groups is 1. The SMILES string of the molecule is CCCC[C@H](NC(=O)Nc1c(C)cc(C)cc1C)C(=O)O. The number of anilines is 1. The number of carboxylic acid groups (broad SMARTS) is 1. The fourth-order valence-corrected chi connectivity index (χ4v) is 2.35. The van der Waals surface area contributed by atoms with E-state index < -0.39 is 18.0 Å². The number of carbonyl (C=O) groups excluding carboxylic acids is 1. The van der Waals surface area contributed by atoms with E-state index in [1.54, 1.807) is 0 Å². The highest BCUT2D eigenvalue weighted by Gasteiger charge is 2.19. The Kier molecular flexibility index (Phi) is 6.21.